The Morgan fingerprint density at radius 3 is 2.93 bits per heavy atom. The molecule has 3 heterocycles. The molecule has 0 atom stereocenters. The van der Waals surface area contributed by atoms with Gasteiger partial charge in [-0.3, -0.25) is 9.78 Å². The number of halogens is 1. The van der Waals surface area contributed by atoms with Crippen LogP contribution in [0.25, 0.3) is 10.9 Å². The summed E-state index contributed by atoms with van der Waals surface area (Å²) in [6.45, 7) is 0.802. The number of benzene rings is 1. The van der Waals surface area contributed by atoms with Crippen molar-refractivity contribution in [3.63, 3.8) is 0 Å². The van der Waals surface area contributed by atoms with Gasteiger partial charge in [-0.1, -0.05) is 29.0 Å². The van der Waals surface area contributed by atoms with Crippen LogP contribution >= 0.6 is 22.9 Å². The Morgan fingerprint density at radius 1 is 1.27 bits per heavy atom. The minimum Gasteiger partial charge on any atom is -0.486 e. The molecule has 7 nitrogen and oxygen atoms in total. The van der Waals surface area contributed by atoms with E-state index in [1.54, 1.807) is 18.3 Å². The van der Waals surface area contributed by atoms with E-state index in [9.17, 15) is 4.79 Å². The van der Waals surface area contributed by atoms with Crippen LogP contribution in [0.4, 0.5) is 5.13 Å². The second-order valence-corrected chi connectivity index (χ2v) is 7.86. The fourth-order valence-electron chi connectivity index (χ4n) is 2.90. The van der Waals surface area contributed by atoms with Crippen molar-refractivity contribution >= 4 is 39.0 Å². The summed E-state index contributed by atoms with van der Waals surface area (Å²) in [4.78, 5) is 24.2. The molecule has 4 aromatic rings. The molecule has 0 aliphatic rings. The first-order valence-corrected chi connectivity index (χ1v) is 10.3. The number of H-pyrrole nitrogens is 1. The number of ether oxygens (including phenoxy) is 1. The van der Waals surface area contributed by atoms with Crippen LogP contribution < -0.4 is 15.6 Å². The molecule has 0 aliphatic carbocycles. The Bertz CT molecular complexity index is 1280. The molecule has 0 saturated carbocycles. The summed E-state index contributed by atoms with van der Waals surface area (Å²) in [6.07, 6.45) is 3.72. The van der Waals surface area contributed by atoms with Gasteiger partial charge in [-0.05, 0) is 30.7 Å². The maximum Gasteiger partial charge on any atom is 0.251 e. The minimum atomic E-state index is -0.167. The number of rotatable bonds is 7. The van der Waals surface area contributed by atoms with E-state index in [0.29, 0.717) is 44.8 Å². The molecule has 0 unspecified atom stereocenters. The number of hydrogen-bond donors (Lipinski definition) is 2. The number of pyridine rings is 2. The number of nitrogens with zero attached hydrogens (tertiary/aromatic N) is 3. The molecule has 0 saturated heterocycles. The van der Waals surface area contributed by atoms with Crippen molar-refractivity contribution in [2.75, 3.05) is 11.9 Å². The summed E-state index contributed by atoms with van der Waals surface area (Å²) in [7, 11) is 0. The lowest BCUT2D eigenvalue weighted by molar-refractivity contribution is 0.302. The molecule has 2 N–H and O–H groups in total. The van der Waals surface area contributed by atoms with Gasteiger partial charge in [0, 0.05) is 29.8 Å². The highest BCUT2D eigenvalue weighted by Crippen LogP contribution is 2.29. The van der Waals surface area contributed by atoms with Crippen molar-refractivity contribution in [1.29, 1.82) is 5.26 Å². The summed E-state index contributed by atoms with van der Waals surface area (Å²) in [6, 6.07) is 13.0. The van der Waals surface area contributed by atoms with Gasteiger partial charge in [0.2, 0.25) is 0 Å². The number of thiazole rings is 1. The molecule has 150 valence electrons. The van der Waals surface area contributed by atoms with Gasteiger partial charge in [0.15, 0.2) is 5.13 Å². The Balaban J connectivity index is 1.47. The van der Waals surface area contributed by atoms with Crippen LogP contribution in [0.1, 0.15) is 16.1 Å². The lowest BCUT2D eigenvalue weighted by Crippen LogP contribution is -2.16. The van der Waals surface area contributed by atoms with Crippen molar-refractivity contribution in [2.45, 2.75) is 13.0 Å². The molecule has 9 heteroatoms. The largest absolute Gasteiger partial charge is 0.486 e. The van der Waals surface area contributed by atoms with Gasteiger partial charge < -0.3 is 15.0 Å². The van der Waals surface area contributed by atoms with Gasteiger partial charge in [0.05, 0.1) is 22.4 Å². The fourth-order valence-corrected chi connectivity index (χ4v) is 3.76. The molecule has 0 aliphatic heterocycles. The number of hydrogen-bond acceptors (Lipinski definition) is 7. The second-order valence-electron chi connectivity index (χ2n) is 6.42. The van der Waals surface area contributed by atoms with Crippen LogP contribution in [0.5, 0.6) is 5.75 Å². The normalized spacial score (nSPS) is 10.7. The molecule has 0 bridgehead atoms. The van der Waals surface area contributed by atoms with Gasteiger partial charge in [-0.2, -0.15) is 5.26 Å². The Labute approximate surface area is 181 Å². The molecule has 0 radical (unpaired) electrons. The summed E-state index contributed by atoms with van der Waals surface area (Å²) in [5.41, 5.74) is 1.90. The highest BCUT2D eigenvalue weighted by molar-refractivity contribution is 7.16. The Kier molecular flexibility index (Phi) is 5.93. The topological polar surface area (TPSA) is 104 Å². The third kappa shape index (κ3) is 4.59. The van der Waals surface area contributed by atoms with Crippen molar-refractivity contribution < 1.29 is 4.74 Å². The summed E-state index contributed by atoms with van der Waals surface area (Å²) < 4.78 is 5.77. The standard InChI is InChI=1S/C21H16ClN5O2S/c22-17-8-14-7-13(4-6-25-21-26-11-16(10-23)30-21)20(28)27-18(14)9-19(17)29-12-15-3-1-2-5-24-15/h1-3,5,7-9,11H,4,6,12H2,(H,25,26)(H,27,28). The van der Waals surface area contributed by atoms with Crippen LogP contribution in [0, 0.1) is 11.3 Å². The zero-order chi connectivity index (χ0) is 20.9. The van der Waals surface area contributed by atoms with E-state index in [0.717, 1.165) is 11.1 Å². The third-order valence-corrected chi connectivity index (χ3v) is 5.52. The number of anilines is 1. The number of fused-ring (bicyclic) bond motifs is 1. The van der Waals surface area contributed by atoms with Gasteiger partial charge in [-0.25, -0.2) is 4.98 Å². The molecular formula is C21H16ClN5O2S. The lowest BCUT2D eigenvalue weighted by Gasteiger charge is -2.10. The van der Waals surface area contributed by atoms with E-state index in [1.807, 2.05) is 30.3 Å². The minimum absolute atomic E-state index is 0.167. The van der Waals surface area contributed by atoms with E-state index in [-0.39, 0.29) is 12.2 Å². The summed E-state index contributed by atoms with van der Waals surface area (Å²) >= 11 is 7.66. The Hall–Kier alpha value is -3.41. The summed E-state index contributed by atoms with van der Waals surface area (Å²) in [5, 5.41) is 13.9. The SMILES string of the molecule is N#Cc1cnc(NCCc2cc3cc(Cl)c(OCc4ccccn4)cc3[nH]c2=O)s1. The average Bonchev–Trinajstić information content (AvgIpc) is 3.22. The molecule has 4 rings (SSSR count). The zero-order valence-electron chi connectivity index (χ0n) is 15.7. The highest BCUT2D eigenvalue weighted by Gasteiger charge is 2.09. The molecule has 0 spiro atoms. The van der Waals surface area contributed by atoms with E-state index < -0.39 is 0 Å². The van der Waals surface area contributed by atoms with Gasteiger partial charge >= 0.3 is 0 Å². The van der Waals surface area contributed by atoms with Crippen LogP contribution in [-0.4, -0.2) is 21.5 Å². The second kappa shape index (κ2) is 8.95. The van der Waals surface area contributed by atoms with Gasteiger partial charge in [-0.15, -0.1) is 0 Å². The van der Waals surface area contributed by atoms with E-state index in [4.69, 9.17) is 21.6 Å². The first-order chi connectivity index (χ1) is 14.6. The molecular weight excluding hydrogens is 422 g/mol. The van der Waals surface area contributed by atoms with Crippen LogP contribution in [0.2, 0.25) is 5.02 Å². The number of nitrogens with one attached hydrogen (secondary N) is 2. The van der Waals surface area contributed by atoms with Crippen molar-refractivity contribution in [3.05, 3.63) is 80.3 Å². The quantitative estimate of drug-likeness (QED) is 0.450. The van der Waals surface area contributed by atoms with Crippen molar-refractivity contribution in [3.8, 4) is 11.8 Å². The third-order valence-electron chi connectivity index (χ3n) is 4.36. The molecule has 0 fully saturated rings. The number of aromatic nitrogens is 3. The maximum absolute atomic E-state index is 12.5. The first-order valence-electron chi connectivity index (χ1n) is 9.10. The Morgan fingerprint density at radius 2 is 2.17 bits per heavy atom. The maximum atomic E-state index is 12.5. The van der Waals surface area contributed by atoms with Crippen LogP contribution in [-0.2, 0) is 13.0 Å². The lowest BCUT2D eigenvalue weighted by atomic mass is 10.1. The van der Waals surface area contributed by atoms with Crippen LogP contribution in [0.3, 0.4) is 0 Å². The molecule has 3 aromatic heterocycles. The van der Waals surface area contributed by atoms with E-state index in [1.165, 1.54) is 17.5 Å². The molecule has 30 heavy (non-hydrogen) atoms. The fraction of sp³-hybridized carbons (Fsp3) is 0.143. The smallest absolute Gasteiger partial charge is 0.251 e. The first kappa shape index (κ1) is 19.9. The summed E-state index contributed by atoms with van der Waals surface area (Å²) in [5.74, 6) is 0.483. The van der Waals surface area contributed by atoms with Crippen LogP contribution in [0.15, 0.2) is 53.6 Å². The zero-order valence-corrected chi connectivity index (χ0v) is 17.3. The number of aromatic amines is 1. The highest BCUT2D eigenvalue weighted by atomic mass is 35.5. The van der Waals surface area contributed by atoms with E-state index >= 15 is 0 Å². The molecule has 1 aromatic carbocycles. The van der Waals surface area contributed by atoms with Crippen molar-refractivity contribution in [2.24, 2.45) is 0 Å². The monoisotopic (exact) mass is 437 g/mol. The predicted molar refractivity (Wildman–Crippen MR) is 117 cm³/mol. The number of nitriles is 1. The van der Waals surface area contributed by atoms with E-state index in [2.05, 4.69) is 20.3 Å². The van der Waals surface area contributed by atoms with Gasteiger partial charge in [0.25, 0.3) is 5.56 Å². The van der Waals surface area contributed by atoms with Gasteiger partial charge in [0.1, 0.15) is 23.3 Å². The van der Waals surface area contributed by atoms with Crippen molar-refractivity contribution in [1.82, 2.24) is 15.0 Å². The average molecular weight is 438 g/mol. The predicted octanol–water partition coefficient (Wildman–Crippen LogP) is 4.14. The molecule has 0 amide bonds.